The van der Waals surface area contributed by atoms with E-state index in [1.807, 2.05) is 42.6 Å². The normalized spacial score (nSPS) is 9.79. The lowest BCUT2D eigenvalue weighted by Crippen LogP contribution is -1.95. The van der Waals surface area contributed by atoms with Gasteiger partial charge in [0.15, 0.2) is 0 Å². The van der Waals surface area contributed by atoms with Gasteiger partial charge in [0.25, 0.3) is 0 Å². The molecule has 0 amide bonds. The quantitative estimate of drug-likeness (QED) is 0.865. The number of hydrogen-bond donors (Lipinski definition) is 1. The van der Waals surface area contributed by atoms with Crippen molar-refractivity contribution in [2.24, 2.45) is 0 Å². The average molecular weight is 272 g/mol. The summed E-state index contributed by atoms with van der Waals surface area (Å²) in [6.45, 7) is 2.68. The smallest absolute Gasteiger partial charge is 0.124 e. The van der Waals surface area contributed by atoms with Gasteiger partial charge in [-0.2, -0.15) is 0 Å². The van der Waals surface area contributed by atoms with Crippen LogP contribution in [-0.2, 0) is 6.61 Å². The van der Waals surface area contributed by atoms with Crippen molar-refractivity contribution in [2.45, 2.75) is 20.0 Å². The SMILES string of the molecule is Cc1cccc(OCc2sccc2C#CCCO)c1. The number of hydrogen-bond acceptors (Lipinski definition) is 3. The molecule has 0 aliphatic carbocycles. The van der Waals surface area contributed by atoms with E-state index in [1.54, 1.807) is 11.3 Å². The lowest BCUT2D eigenvalue weighted by molar-refractivity contribution is 0.305. The molecule has 98 valence electrons. The van der Waals surface area contributed by atoms with E-state index in [1.165, 1.54) is 5.56 Å². The molecule has 0 fully saturated rings. The van der Waals surface area contributed by atoms with Crippen LogP contribution >= 0.6 is 11.3 Å². The first-order valence-electron chi connectivity index (χ1n) is 6.15. The van der Waals surface area contributed by atoms with Crippen LogP contribution in [0.1, 0.15) is 22.4 Å². The molecule has 0 unspecified atom stereocenters. The molecule has 0 spiro atoms. The van der Waals surface area contributed by atoms with Gasteiger partial charge in [-0.25, -0.2) is 0 Å². The van der Waals surface area contributed by atoms with Crippen molar-refractivity contribution in [1.82, 2.24) is 0 Å². The highest BCUT2D eigenvalue weighted by molar-refractivity contribution is 7.10. The Kier molecular flexibility index (Phi) is 5.02. The Balaban J connectivity index is 2.01. The molecular weight excluding hydrogens is 256 g/mol. The molecule has 1 aromatic carbocycles. The van der Waals surface area contributed by atoms with Gasteiger partial charge in [-0.05, 0) is 36.1 Å². The summed E-state index contributed by atoms with van der Waals surface area (Å²) in [6, 6.07) is 10.00. The van der Waals surface area contributed by atoms with Crippen molar-refractivity contribution in [1.29, 1.82) is 0 Å². The third kappa shape index (κ3) is 4.13. The van der Waals surface area contributed by atoms with Crippen LogP contribution in [0.4, 0.5) is 0 Å². The summed E-state index contributed by atoms with van der Waals surface area (Å²) >= 11 is 1.64. The van der Waals surface area contributed by atoms with Crippen molar-refractivity contribution in [3.8, 4) is 17.6 Å². The van der Waals surface area contributed by atoms with E-state index in [0.29, 0.717) is 13.0 Å². The lowest BCUT2D eigenvalue weighted by atomic mass is 10.2. The molecular formula is C16H16O2S. The Morgan fingerprint density at radius 2 is 2.21 bits per heavy atom. The molecule has 0 aliphatic rings. The topological polar surface area (TPSA) is 29.5 Å². The number of aliphatic hydroxyl groups is 1. The number of thiophene rings is 1. The maximum Gasteiger partial charge on any atom is 0.124 e. The molecule has 19 heavy (non-hydrogen) atoms. The monoisotopic (exact) mass is 272 g/mol. The van der Waals surface area contributed by atoms with E-state index in [-0.39, 0.29) is 6.61 Å². The number of aryl methyl sites for hydroxylation is 1. The highest BCUT2D eigenvalue weighted by Crippen LogP contribution is 2.20. The summed E-state index contributed by atoms with van der Waals surface area (Å²) in [5, 5.41) is 10.7. The summed E-state index contributed by atoms with van der Waals surface area (Å²) in [5.41, 5.74) is 2.18. The highest BCUT2D eigenvalue weighted by atomic mass is 32.1. The summed E-state index contributed by atoms with van der Waals surface area (Å²) < 4.78 is 5.77. The number of ether oxygens (including phenoxy) is 1. The third-order valence-corrected chi connectivity index (χ3v) is 3.46. The zero-order chi connectivity index (χ0) is 13.5. The Labute approximate surface area is 117 Å². The first kappa shape index (κ1) is 13.7. The molecule has 1 heterocycles. The first-order chi connectivity index (χ1) is 9.29. The molecule has 2 rings (SSSR count). The zero-order valence-corrected chi connectivity index (χ0v) is 11.7. The molecule has 0 atom stereocenters. The zero-order valence-electron chi connectivity index (χ0n) is 10.8. The fourth-order valence-corrected chi connectivity index (χ4v) is 2.37. The Bertz CT molecular complexity index is 590. The minimum absolute atomic E-state index is 0.103. The molecule has 2 nitrogen and oxygen atoms in total. The van der Waals surface area contributed by atoms with Crippen LogP contribution in [0.3, 0.4) is 0 Å². The molecule has 1 N–H and O–H groups in total. The maximum absolute atomic E-state index is 8.72. The number of benzene rings is 1. The van der Waals surface area contributed by atoms with E-state index >= 15 is 0 Å². The summed E-state index contributed by atoms with van der Waals surface area (Å²) in [5.74, 6) is 6.88. The second kappa shape index (κ2) is 6.98. The van der Waals surface area contributed by atoms with E-state index in [9.17, 15) is 0 Å². The van der Waals surface area contributed by atoms with E-state index < -0.39 is 0 Å². The Morgan fingerprint density at radius 1 is 1.32 bits per heavy atom. The molecule has 0 bridgehead atoms. The third-order valence-electron chi connectivity index (χ3n) is 2.56. The predicted molar refractivity (Wildman–Crippen MR) is 78.4 cm³/mol. The largest absolute Gasteiger partial charge is 0.488 e. The molecule has 3 heteroatoms. The fraction of sp³-hybridized carbons (Fsp3) is 0.250. The van der Waals surface area contributed by atoms with Crippen molar-refractivity contribution >= 4 is 11.3 Å². The minimum Gasteiger partial charge on any atom is -0.488 e. The van der Waals surface area contributed by atoms with Crippen LogP contribution in [0.2, 0.25) is 0 Å². The van der Waals surface area contributed by atoms with Crippen LogP contribution in [-0.4, -0.2) is 11.7 Å². The van der Waals surface area contributed by atoms with Crippen LogP contribution in [0, 0.1) is 18.8 Å². The summed E-state index contributed by atoms with van der Waals surface area (Å²) in [6.07, 6.45) is 0.508. The van der Waals surface area contributed by atoms with Gasteiger partial charge in [0.05, 0.1) is 11.5 Å². The number of aliphatic hydroxyl groups excluding tert-OH is 1. The second-order valence-corrected chi connectivity index (χ2v) is 5.14. The van der Waals surface area contributed by atoms with Gasteiger partial charge in [0.2, 0.25) is 0 Å². The second-order valence-electron chi connectivity index (χ2n) is 4.14. The fourth-order valence-electron chi connectivity index (χ4n) is 1.63. The van der Waals surface area contributed by atoms with Crippen molar-refractivity contribution < 1.29 is 9.84 Å². The summed E-state index contributed by atoms with van der Waals surface area (Å²) in [7, 11) is 0. The predicted octanol–water partition coefficient (Wildman–Crippen LogP) is 3.37. The highest BCUT2D eigenvalue weighted by Gasteiger charge is 2.03. The van der Waals surface area contributed by atoms with Gasteiger partial charge in [-0.3, -0.25) is 0 Å². The molecule has 0 saturated carbocycles. The molecule has 1 aromatic heterocycles. The van der Waals surface area contributed by atoms with Crippen LogP contribution < -0.4 is 4.74 Å². The Morgan fingerprint density at radius 3 is 3.00 bits per heavy atom. The molecule has 0 aliphatic heterocycles. The number of rotatable bonds is 4. The van der Waals surface area contributed by atoms with E-state index in [0.717, 1.165) is 16.2 Å². The first-order valence-corrected chi connectivity index (χ1v) is 7.03. The minimum atomic E-state index is 0.103. The Hall–Kier alpha value is -1.76. The standard InChI is InChI=1S/C16H16O2S/c1-13-5-4-7-15(11-13)18-12-16-14(8-10-19-16)6-2-3-9-17/h4-5,7-8,10-11,17H,3,9,12H2,1H3. The molecule has 0 saturated heterocycles. The van der Waals surface area contributed by atoms with Crippen molar-refractivity contribution in [2.75, 3.05) is 6.61 Å². The van der Waals surface area contributed by atoms with Gasteiger partial charge in [-0.15, -0.1) is 11.3 Å². The van der Waals surface area contributed by atoms with Gasteiger partial charge >= 0.3 is 0 Å². The van der Waals surface area contributed by atoms with E-state index in [2.05, 4.69) is 11.8 Å². The van der Waals surface area contributed by atoms with Gasteiger partial charge in [0.1, 0.15) is 12.4 Å². The maximum atomic E-state index is 8.72. The van der Waals surface area contributed by atoms with Crippen LogP contribution in [0.25, 0.3) is 0 Å². The van der Waals surface area contributed by atoms with Crippen molar-refractivity contribution in [3.05, 3.63) is 51.7 Å². The van der Waals surface area contributed by atoms with Crippen LogP contribution in [0.5, 0.6) is 5.75 Å². The lowest BCUT2D eigenvalue weighted by Gasteiger charge is -2.05. The summed E-state index contributed by atoms with van der Waals surface area (Å²) in [4.78, 5) is 1.12. The molecule has 0 radical (unpaired) electrons. The van der Waals surface area contributed by atoms with E-state index in [4.69, 9.17) is 9.84 Å². The van der Waals surface area contributed by atoms with Gasteiger partial charge in [-0.1, -0.05) is 24.0 Å². The van der Waals surface area contributed by atoms with Crippen LogP contribution in [0.15, 0.2) is 35.7 Å². The molecule has 2 aromatic rings. The van der Waals surface area contributed by atoms with Crippen molar-refractivity contribution in [3.63, 3.8) is 0 Å². The van der Waals surface area contributed by atoms with Gasteiger partial charge < -0.3 is 9.84 Å². The average Bonchev–Trinajstić information content (AvgIpc) is 2.84. The van der Waals surface area contributed by atoms with Gasteiger partial charge in [0, 0.05) is 12.0 Å².